The molecule has 7 nitrogen and oxygen atoms in total. The van der Waals surface area contributed by atoms with E-state index in [2.05, 4.69) is 13.2 Å². The van der Waals surface area contributed by atoms with Crippen LogP contribution in [0.15, 0.2) is 25.3 Å². The van der Waals surface area contributed by atoms with Crippen molar-refractivity contribution < 1.29 is 19.1 Å². The van der Waals surface area contributed by atoms with E-state index >= 15 is 0 Å². The van der Waals surface area contributed by atoms with Gasteiger partial charge in [0.25, 0.3) is 0 Å². The highest BCUT2D eigenvalue weighted by Crippen LogP contribution is 2.06. The molecule has 0 saturated carbocycles. The predicted molar refractivity (Wildman–Crippen MR) is 82.1 cm³/mol. The molecule has 1 fully saturated rings. The minimum Gasteiger partial charge on any atom is -0.450 e. The largest absolute Gasteiger partial charge is 0.450 e. The maximum atomic E-state index is 12.2. The lowest BCUT2D eigenvalue weighted by Crippen LogP contribution is -2.54. The van der Waals surface area contributed by atoms with Crippen molar-refractivity contribution in [1.82, 2.24) is 14.7 Å². The second-order valence-electron chi connectivity index (χ2n) is 4.77. The maximum Gasteiger partial charge on any atom is 0.409 e. The van der Waals surface area contributed by atoms with E-state index in [1.807, 2.05) is 0 Å². The molecular formula is C15H23N3O4. The molecule has 0 bridgehead atoms. The first-order valence-electron chi connectivity index (χ1n) is 7.26. The monoisotopic (exact) mass is 309 g/mol. The van der Waals surface area contributed by atoms with Gasteiger partial charge >= 0.3 is 17.9 Å². The van der Waals surface area contributed by atoms with E-state index in [9.17, 15) is 14.4 Å². The Kier molecular flexibility index (Phi) is 7.15. The van der Waals surface area contributed by atoms with Crippen molar-refractivity contribution >= 4 is 17.9 Å². The van der Waals surface area contributed by atoms with E-state index in [1.54, 1.807) is 19.1 Å². The Morgan fingerprint density at radius 2 is 1.55 bits per heavy atom. The number of rotatable bonds is 5. The van der Waals surface area contributed by atoms with Gasteiger partial charge in [-0.2, -0.15) is 0 Å². The van der Waals surface area contributed by atoms with Crippen molar-refractivity contribution in [1.29, 1.82) is 0 Å². The molecule has 1 aliphatic heterocycles. The zero-order valence-corrected chi connectivity index (χ0v) is 13.0. The number of amides is 3. The van der Waals surface area contributed by atoms with Gasteiger partial charge in [0, 0.05) is 39.3 Å². The van der Waals surface area contributed by atoms with Crippen LogP contribution in [0.4, 0.5) is 4.79 Å². The molecule has 1 heterocycles. The van der Waals surface area contributed by atoms with Crippen LogP contribution in [-0.4, -0.2) is 78.5 Å². The second-order valence-corrected chi connectivity index (χ2v) is 4.77. The van der Waals surface area contributed by atoms with Crippen molar-refractivity contribution in [3.05, 3.63) is 25.3 Å². The molecule has 0 atom stereocenters. The summed E-state index contributed by atoms with van der Waals surface area (Å²) in [4.78, 5) is 40.3. The maximum absolute atomic E-state index is 12.2. The van der Waals surface area contributed by atoms with E-state index in [0.29, 0.717) is 45.9 Å². The zero-order valence-electron chi connectivity index (χ0n) is 13.0. The Morgan fingerprint density at radius 1 is 1.05 bits per heavy atom. The molecular weight excluding hydrogens is 286 g/mol. The average molecular weight is 309 g/mol. The molecule has 0 aromatic rings. The molecule has 1 aliphatic rings. The lowest BCUT2D eigenvalue weighted by Gasteiger charge is -2.34. The lowest BCUT2D eigenvalue weighted by atomic mass is 10.3. The third-order valence-corrected chi connectivity index (χ3v) is 3.26. The number of piperazine rings is 1. The summed E-state index contributed by atoms with van der Waals surface area (Å²) in [5.74, 6) is -1.14. The number of nitrogens with zero attached hydrogens (tertiary/aromatic N) is 3. The van der Waals surface area contributed by atoms with Crippen LogP contribution in [0.3, 0.4) is 0 Å². The first-order chi connectivity index (χ1) is 10.5. The molecule has 0 N–H and O–H groups in total. The second kappa shape index (κ2) is 8.86. The fourth-order valence-corrected chi connectivity index (χ4v) is 2.13. The van der Waals surface area contributed by atoms with Gasteiger partial charge in [-0.25, -0.2) is 4.79 Å². The van der Waals surface area contributed by atoms with Crippen molar-refractivity contribution in [3.8, 4) is 0 Å². The Morgan fingerprint density at radius 3 is 2.00 bits per heavy atom. The van der Waals surface area contributed by atoms with Crippen LogP contribution in [0.1, 0.15) is 6.92 Å². The molecule has 122 valence electrons. The summed E-state index contributed by atoms with van der Waals surface area (Å²) >= 11 is 0. The number of hydrogen-bond donors (Lipinski definition) is 0. The standard InChI is InChI=1S/C15H23N3O4/c1-4-7-16(8-5-2)13(19)14(20)17-9-11-18(12-10-17)15(21)22-6-3/h4-5H,1-2,6-12H2,3H3. The number of hydrogen-bond acceptors (Lipinski definition) is 4. The minimum absolute atomic E-state index is 0.291. The fraction of sp³-hybridized carbons (Fsp3) is 0.533. The van der Waals surface area contributed by atoms with Gasteiger partial charge in [-0.05, 0) is 6.92 Å². The molecule has 7 heteroatoms. The molecule has 0 radical (unpaired) electrons. The van der Waals surface area contributed by atoms with Crippen LogP contribution in [0.2, 0.25) is 0 Å². The molecule has 0 spiro atoms. The molecule has 22 heavy (non-hydrogen) atoms. The van der Waals surface area contributed by atoms with Gasteiger partial charge in [0.05, 0.1) is 6.61 Å². The Hall–Kier alpha value is -2.31. The summed E-state index contributed by atoms with van der Waals surface area (Å²) in [6, 6.07) is 0. The number of carbonyl (C=O) groups is 3. The van der Waals surface area contributed by atoms with Gasteiger partial charge in [-0.15, -0.1) is 13.2 Å². The van der Waals surface area contributed by atoms with Crippen molar-refractivity contribution in [3.63, 3.8) is 0 Å². The molecule has 1 rings (SSSR count). The van der Waals surface area contributed by atoms with E-state index in [1.165, 1.54) is 14.7 Å². The van der Waals surface area contributed by atoms with E-state index in [0.717, 1.165) is 0 Å². The summed E-state index contributed by atoms with van der Waals surface area (Å²) in [5, 5.41) is 0. The highest BCUT2D eigenvalue weighted by atomic mass is 16.6. The average Bonchev–Trinajstić information content (AvgIpc) is 2.53. The molecule has 1 saturated heterocycles. The minimum atomic E-state index is -0.579. The molecule has 0 unspecified atom stereocenters. The van der Waals surface area contributed by atoms with Gasteiger partial charge in [0.15, 0.2) is 0 Å². The summed E-state index contributed by atoms with van der Waals surface area (Å²) in [6.07, 6.45) is 2.74. The van der Waals surface area contributed by atoms with E-state index in [-0.39, 0.29) is 6.09 Å². The summed E-state index contributed by atoms with van der Waals surface area (Å²) in [6.45, 7) is 11.1. The van der Waals surface area contributed by atoms with Gasteiger partial charge in [-0.1, -0.05) is 12.2 Å². The number of carbonyl (C=O) groups excluding carboxylic acids is 3. The van der Waals surface area contributed by atoms with Crippen LogP contribution in [0.5, 0.6) is 0 Å². The Bertz CT molecular complexity index is 432. The van der Waals surface area contributed by atoms with Gasteiger partial charge in [0.1, 0.15) is 0 Å². The van der Waals surface area contributed by atoms with Crippen molar-refractivity contribution in [2.45, 2.75) is 6.92 Å². The molecule has 0 aliphatic carbocycles. The van der Waals surface area contributed by atoms with Crippen molar-refractivity contribution in [2.24, 2.45) is 0 Å². The summed E-state index contributed by atoms with van der Waals surface area (Å²) < 4.78 is 4.91. The van der Waals surface area contributed by atoms with Crippen LogP contribution in [0, 0.1) is 0 Å². The van der Waals surface area contributed by atoms with Gasteiger partial charge < -0.3 is 19.4 Å². The smallest absolute Gasteiger partial charge is 0.409 e. The third kappa shape index (κ3) is 4.61. The first kappa shape index (κ1) is 17.7. The Labute approximate surface area is 130 Å². The highest BCUT2D eigenvalue weighted by molar-refractivity contribution is 6.35. The van der Waals surface area contributed by atoms with E-state index < -0.39 is 11.8 Å². The zero-order chi connectivity index (χ0) is 16.5. The topological polar surface area (TPSA) is 70.2 Å². The summed E-state index contributed by atoms with van der Waals surface area (Å²) in [5.41, 5.74) is 0. The molecule has 3 amide bonds. The quantitative estimate of drug-likeness (QED) is 0.547. The Balaban J connectivity index is 2.57. The fourth-order valence-electron chi connectivity index (χ4n) is 2.13. The van der Waals surface area contributed by atoms with Crippen LogP contribution < -0.4 is 0 Å². The summed E-state index contributed by atoms with van der Waals surface area (Å²) in [7, 11) is 0. The number of ether oxygens (including phenoxy) is 1. The van der Waals surface area contributed by atoms with Crippen LogP contribution >= 0.6 is 0 Å². The van der Waals surface area contributed by atoms with Crippen LogP contribution in [-0.2, 0) is 14.3 Å². The van der Waals surface area contributed by atoms with Crippen molar-refractivity contribution in [2.75, 3.05) is 45.9 Å². The normalized spacial score (nSPS) is 14.2. The molecule has 0 aromatic heterocycles. The SMILES string of the molecule is C=CCN(CC=C)C(=O)C(=O)N1CCN(C(=O)OCC)CC1. The lowest BCUT2D eigenvalue weighted by molar-refractivity contribution is -0.152. The highest BCUT2D eigenvalue weighted by Gasteiger charge is 2.30. The van der Waals surface area contributed by atoms with Gasteiger partial charge in [-0.3, -0.25) is 9.59 Å². The predicted octanol–water partition coefficient (Wildman–Crippen LogP) is 0.488. The van der Waals surface area contributed by atoms with E-state index in [4.69, 9.17) is 4.74 Å². The van der Waals surface area contributed by atoms with Crippen LogP contribution in [0.25, 0.3) is 0 Å². The first-order valence-corrected chi connectivity index (χ1v) is 7.26. The molecule has 0 aromatic carbocycles. The third-order valence-electron chi connectivity index (χ3n) is 3.26. The van der Waals surface area contributed by atoms with Gasteiger partial charge in [0.2, 0.25) is 0 Å².